The number of carbonyl (C=O) groups excluding carboxylic acids is 5. The Morgan fingerprint density at radius 3 is 2.17 bits per heavy atom. The van der Waals surface area contributed by atoms with E-state index < -0.39 is 29.7 Å². The van der Waals surface area contributed by atoms with Gasteiger partial charge in [0.2, 0.25) is 17.7 Å². The van der Waals surface area contributed by atoms with E-state index in [4.69, 9.17) is 0 Å². The molecule has 5 aliphatic heterocycles. The van der Waals surface area contributed by atoms with Gasteiger partial charge < -0.3 is 14.9 Å². The summed E-state index contributed by atoms with van der Waals surface area (Å²) in [4.78, 5) is 72.4. The highest BCUT2D eigenvalue weighted by Gasteiger charge is 2.47. The third-order valence-corrected chi connectivity index (χ3v) is 14.3. The SMILES string of the molecule is C[C@H]1CC2(CCN(c3ccc([C@@H]4c5ccc(O)cc5CC[C@@H]4c4ccccc4)cc3)CC2)CN1CC(=O)N1Cc2cc3c(cc2C1)C(=O)N([C@@H]1CCC(=O)NC1=O)C3=O. The molecule has 0 aromatic heterocycles. The van der Waals surface area contributed by atoms with Crippen molar-refractivity contribution in [3.63, 3.8) is 0 Å². The van der Waals surface area contributed by atoms with Crippen LogP contribution in [0.15, 0.2) is 84.9 Å². The molecule has 2 N–H and O–H groups in total. The predicted octanol–water partition coefficient (Wildman–Crippen LogP) is 5.88. The van der Waals surface area contributed by atoms with Crippen molar-refractivity contribution in [2.45, 2.75) is 88.9 Å². The van der Waals surface area contributed by atoms with Gasteiger partial charge in [-0.1, -0.05) is 48.5 Å². The lowest BCUT2D eigenvalue weighted by molar-refractivity contribution is -0.136. The number of nitrogens with one attached hydrogen (secondary N) is 1. The summed E-state index contributed by atoms with van der Waals surface area (Å²) in [6.07, 6.45) is 5.37. The van der Waals surface area contributed by atoms with Gasteiger partial charge in [0.25, 0.3) is 11.8 Å². The number of amides is 5. The monoisotopic (exact) mass is 791 g/mol. The van der Waals surface area contributed by atoms with Gasteiger partial charge in [0.1, 0.15) is 11.8 Å². The van der Waals surface area contributed by atoms with E-state index in [9.17, 15) is 29.1 Å². The van der Waals surface area contributed by atoms with Gasteiger partial charge in [-0.25, -0.2) is 0 Å². The number of likely N-dealkylation sites (tertiary alicyclic amines) is 1. The quantitative estimate of drug-likeness (QED) is 0.232. The lowest BCUT2D eigenvalue weighted by Gasteiger charge is -2.41. The summed E-state index contributed by atoms with van der Waals surface area (Å²) in [7, 11) is 0. The molecule has 4 aromatic carbocycles. The summed E-state index contributed by atoms with van der Waals surface area (Å²) in [5, 5.41) is 12.5. The van der Waals surface area contributed by atoms with Crippen LogP contribution in [0.4, 0.5) is 5.69 Å². The smallest absolute Gasteiger partial charge is 0.262 e. The molecule has 1 spiro atoms. The summed E-state index contributed by atoms with van der Waals surface area (Å²) in [6, 6.07) is 28.6. The highest BCUT2D eigenvalue weighted by molar-refractivity contribution is 6.23. The van der Waals surface area contributed by atoms with Gasteiger partial charge in [-0.15, -0.1) is 0 Å². The summed E-state index contributed by atoms with van der Waals surface area (Å²) in [5.74, 6) is -1.14. The average Bonchev–Trinajstić information content (AvgIpc) is 3.87. The third kappa shape index (κ3) is 6.59. The third-order valence-electron chi connectivity index (χ3n) is 14.3. The zero-order valence-electron chi connectivity index (χ0n) is 33.4. The molecule has 5 heterocycles. The second kappa shape index (κ2) is 14.5. The van der Waals surface area contributed by atoms with Crippen LogP contribution in [0, 0.1) is 5.41 Å². The average molecular weight is 792 g/mol. The van der Waals surface area contributed by atoms with E-state index in [-0.39, 0.29) is 47.3 Å². The van der Waals surface area contributed by atoms with Crippen LogP contribution in [0.2, 0.25) is 0 Å². The number of imide groups is 2. The van der Waals surface area contributed by atoms with Gasteiger partial charge >= 0.3 is 0 Å². The largest absolute Gasteiger partial charge is 0.508 e. The second-order valence-corrected chi connectivity index (χ2v) is 17.8. The van der Waals surface area contributed by atoms with Crippen LogP contribution < -0.4 is 10.2 Å². The topological polar surface area (TPSA) is 131 Å². The standard InChI is InChI=1S/C48H49N5O6/c1-29-24-48(28-52(29)27-43(56)51-25-33-22-39-40(23-34(33)26-51)47(59)53(46(39)58)41-15-16-42(55)49-45(41)57)17-19-50(20-18-48)35-10-7-31(8-11-35)44-37(30-5-3-2-4-6-30)13-9-32-21-36(54)12-14-38(32)44/h2-8,10-12,14,21-23,29,37,41,44,54H,9,13,15-20,24-28H2,1H3,(H,49,55,57)/t29-,37+,41+,44-/m0/s1. The molecular formula is C48H49N5O6. The first-order chi connectivity index (χ1) is 28.5. The Morgan fingerprint density at radius 1 is 0.797 bits per heavy atom. The molecule has 11 heteroatoms. The number of hydrogen-bond donors (Lipinski definition) is 2. The van der Waals surface area contributed by atoms with Gasteiger partial charge in [0.15, 0.2) is 0 Å². The highest BCUT2D eigenvalue weighted by Crippen LogP contribution is 2.48. The fourth-order valence-corrected chi connectivity index (χ4v) is 11.2. The number of benzene rings is 4. The second-order valence-electron chi connectivity index (χ2n) is 17.8. The number of aryl methyl sites for hydroxylation is 1. The molecule has 11 nitrogen and oxygen atoms in total. The van der Waals surface area contributed by atoms with Crippen LogP contribution in [0.1, 0.15) is 111 Å². The Bertz CT molecular complexity index is 2340. The van der Waals surface area contributed by atoms with Crippen molar-refractivity contribution < 1.29 is 29.1 Å². The van der Waals surface area contributed by atoms with E-state index in [0.29, 0.717) is 31.3 Å². The molecular weight excluding hydrogens is 743 g/mol. The molecule has 0 unspecified atom stereocenters. The molecule has 1 aliphatic carbocycles. The molecule has 6 aliphatic rings. The summed E-state index contributed by atoms with van der Waals surface area (Å²) >= 11 is 0. The van der Waals surface area contributed by atoms with Crippen LogP contribution >= 0.6 is 0 Å². The van der Waals surface area contributed by atoms with Crippen LogP contribution in [0.25, 0.3) is 0 Å². The fraction of sp³-hybridized carbons (Fsp3) is 0.396. The van der Waals surface area contributed by atoms with Crippen LogP contribution in [0.5, 0.6) is 5.75 Å². The summed E-state index contributed by atoms with van der Waals surface area (Å²) in [5.41, 5.74) is 8.79. The number of aromatic hydroxyl groups is 1. The number of phenolic OH excluding ortho intramolecular Hbond substituents is 1. The normalized spacial score (nSPS) is 25.0. The number of rotatable bonds is 6. The molecule has 0 bridgehead atoms. The van der Waals surface area contributed by atoms with Crippen molar-refractivity contribution in [2.75, 3.05) is 31.1 Å². The molecule has 3 saturated heterocycles. The molecule has 302 valence electrons. The molecule has 59 heavy (non-hydrogen) atoms. The Hall–Kier alpha value is -5.81. The Morgan fingerprint density at radius 2 is 1.49 bits per heavy atom. The lowest BCUT2D eigenvalue weighted by atomic mass is 9.69. The predicted molar refractivity (Wildman–Crippen MR) is 221 cm³/mol. The van der Waals surface area contributed by atoms with Gasteiger partial charge in [0, 0.05) is 56.8 Å². The number of phenols is 1. The van der Waals surface area contributed by atoms with E-state index in [1.54, 1.807) is 12.1 Å². The van der Waals surface area contributed by atoms with Crippen molar-refractivity contribution in [1.82, 2.24) is 20.0 Å². The van der Waals surface area contributed by atoms with Gasteiger partial charge in [0.05, 0.1) is 17.7 Å². The molecule has 0 saturated carbocycles. The number of anilines is 1. The Kier molecular flexibility index (Phi) is 9.19. The number of hydrogen-bond acceptors (Lipinski definition) is 8. The first-order valence-corrected chi connectivity index (χ1v) is 21.1. The van der Waals surface area contributed by atoms with Gasteiger partial charge in [-0.05, 0) is 127 Å². The maximum absolute atomic E-state index is 13.8. The molecule has 5 amide bonds. The number of fused-ring (bicyclic) bond motifs is 3. The minimum Gasteiger partial charge on any atom is -0.508 e. The van der Waals surface area contributed by atoms with Crippen LogP contribution in [0.3, 0.4) is 0 Å². The molecule has 0 radical (unpaired) electrons. The van der Waals surface area contributed by atoms with Gasteiger partial charge in [-0.2, -0.15) is 0 Å². The van der Waals surface area contributed by atoms with Gasteiger partial charge in [-0.3, -0.25) is 39.1 Å². The van der Waals surface area contributed by atoms with Crippen molar-refractivity contribution in [3.05, 3.63) is 129 Å². The van der Waals surface area contributed by atoms with E-state index in [1.807, 2.05) is 17.0 Å². The summed E-state index contributed by atoms with van der Waals surface area (Å²) < 4.78 is 0. The van der Waals surface area contributed by atoms with Crippen molar-refractivity contribution in [2.24, 2.45) is 5.41 Å². The molecule has 3 fully saturated rings. The first kappa shape index (κ1) is 37.5. The minimum atomic E-state index is -1.00. The van der Waals surface area contributed by atoms with Crippen molar-refractivity contribution in [3.8, 4) is 5.75 Å². The minimum absolute atomic E-state index is 0.0394. The van der Waals surface area contributed by atoms with Crippen molar-refractivity contribution >= 4 is 35.2 Å². The molecule has 10 rings (SSSR count). The van der Waals surface area contributed by atoms with Crippen LogP contribution in [-0.4, -0.2) is 87.6 Å². The maximum atomic E-state index is 13.8. The molecule has 4 aromatic rings. The van der Waals surface area contributed by atoms with Crippen LogP contribution in [-0.2, 0) is 33.9 Å². The van der Waals surface area contributed by atoms with E-state index >= 15 is 0 Å². The summed E-state index contributed by atoms with van der Waals surface area (Å²) in [6.45, 7) is 6.12. The van der Waals surface area contributed by atoms with E-state index in [1.165, 1.54) is 27.9 Å². The molecule has 4 atom stereocenters. The van der Waals surface area contributed by atoms with E-state index in [2.05, 4.69) is 82.7 Å². The Balaban J connectivity index is 0.764. The first-order valence-electron chi connectivity index (χ1n) is 21.1. The van der Waals surface area contributed by atoms with E-state index in [0.717, 1.165) is 67.8 Å². The van der Waals surface area contributed by atoms with Crippen molar-refractivity contribution in [1.29, 1.82) is 0 Å². The Labute approximate surface area is 344 Å². The zero-order valence-corrected chi connectivity index (χ0v) is 33.4. The fourth-order valence-electron chi connectivity index (χ4n) is 11.2. The number of carbonyl (C=O) groups is 5. The maximum Gasteiger partial charge on any atom is 0.262 e. The number of nitrogens with zero attached hydrogens (tertiary/aromatic N) is 4. The lowest BCUT2D eigenvalue weighted by Crippen LogP contribution is -2.54. The number of piperidine rings is 2. The highest BCUT2D eigenvalue weighted by atomic mass is 16.3. The zero-order chi connectivity index (χ0) is 40.6.